The highest BCUT2D eigenvalue weighted by atomic mass is 16.3. The van der Waals surface area contributed by atoms with E-state index in [9.17, 15) is 5.11 Å². The SMILES string of the molecule is CCN(CC)CCNC1CCCCCC1O. The van der Waals surface area contributed by atoms with Gasteiger partial charge in [0.2, 0.25) is 0 Å². The number of nitrogens with zero attached hydrogens (tertiary/aromatic N) is 1. The number of aliphatic hydroxyl groups is 1. The first-order chi connectivity index (χ1) is 7.77. The lowest BCUT2D eigenvalue weighted by Crippen LogP contribution is -2.43. The second-order valence-corrected chi connectivity index (χ2v) is 4.79. The third-order valence-corrected chi connectivity index (χ3v) is 3.71. The molecule has 0 radical (unpaired) electrons. The second kappa shape index (κ2) is 8.04. The summed E-state index contributed by atoms with van der Waals surface area (Å²) in [6.45, 7) is 8.73. The van der Waals surface area contributed by atoms with Gasteiger partial charge in [-0.3, -0.25) is 0 Å². The number of rotatable bonds is 6. The van der Waals surface area contributed by atoms with Crippen LogP contribution in [-0.2, 0) is 0 Å². The molecule has 1 aliphatic carbocycles. The van der Waals surface area contributed by atoms with Gasteiger partial charge in [0.15, 0.2) is 0 Å². The standard InChI is InChI=1S/C13H28N2O/c1-3-15(4-2)11-10-14-12-8-6-5-7-9-13(12)16/h12-14,16H,3-11H2,1-2H3. The Morgan fingerprint density at radius 1 is 1.12 bits per heavy atom. The van der Waals surface area contributed by atoms with Gasteiger partial charge in [-0.1, -0.05) is 33.1 Å². The Bertz CT molecular complexity index is 171. The molecule has 0 aromatic carbocycles. The summed E-state index contributed by atoms with van der Waals surface area (Å²) in [6.07, 6.45) is 5.72. The molecule has 0 bridgehead atoms. The van der Waals surface area contributed by atoms with Gasteiger partial charge in [0.1, 0.15) is 0 Å². The molecular weight excluding hydrogens is 200 g/mol. The van der Waals surface area contributed by atoms with Gasteiger partial charge >= 0.3 is 0 Å². The maximum Gasteiger partial charge on any atom is 0.0693 e. The Morgan fingerprint density at radius 2 is 1.81 bits per heavy atom. The Labute approximate surface area is 100 Å². The van der Waals surface area contributed by atoms with Gasteiger partial charge in [0.05, 0.1) is 6.10 Å². The lowest BCUT2D eigenvalue weighted by atomic mass is 10.1. The van der Waals surface area contributed by atoms with Crippen molar-refractivity contribution < 1.29 is 5.11 Å². The molecule has 0 aliphatic heterocycles. The summed E-state index contributed by atoms with van der Waals surface area (Å²) in [7, 11) is 0. The first kappa shape index (κ1) is 13.9. The molecule has 0 saturated heterocycles. The normalized spacial score (nSPS) is 27.0. The lowest BCUT2D eigenvalue weighted by molar-refractivity contribution is 0.118. The molecule has 3 nitrogen and oxygen atoms in total. The van der Waals surface area contributed by atoms with Crippen LogP contribution in [0.4, 0.5) is 0 Å². The van der Waals surface area contributed by atoms with E-state index in [1.807, 2.05) is 0 Å². The molecule has 0 heterocycles. The Kier molecular flexibility index (Phi) is 7.01. The molecule has 96 valence electrons. The van der Waals surface area contributed by atoms with Crippen molar-refractivity contribution in [2.75, 3.05) is 26.2 Å². The topological polar surface area (TPSA) is 35.5 Å². The highest BCUT2D eigenvalue weighted by Gasteiger charge is 2.20. The van der Waals surface area contributed by atoms with Gasteiger partial charge in [0, 0.05) is 19.1 Å². The van der Waals surface area contributed by atoms with Crippen LogP contribution in [0, 0.1) is 0 Å². The van der Waals surface area contributed by atoms with Crippen LogP contribution < -0.4 is 5.32 Å². The molecule has 0 aromatic rings. The van der Waals surface area contributed by atoms with E-state index in [0.29, 0.717) is 6.04 Å². The summed E-state index contributed by atoms with van der Waals surface area (Å²) in [5.41, 5.74) is 0. The summed E-state index contributed by atoms with van der Waals surface area (Å²) >= 11 is 0. The maximum absolute atomic E-state index is 9.95. The van der Waals surface area contributed by atoms with Gasteiger partial charge in [0.25, 0.3) is 0 Å². The molecule has 0 spiro atoms. The van der Waals surface area contributed by atoms with Crippen molar-refractivity contribution in [1.29, 1.82) is 0 Å². The highest BCUT2D eigenvalue weighted by molar-refractivity contribution is 4.79. The summed E-state index contributed by atoms with van der Waals surface area (Å²) in [5, 5.41) is 13.5. The van der Waals surface area contributed by atoms with Crippen LogP contribution in [0.5, 0.6) is 0 Å². The van der Waals surface area contributed by atoms with E-state index >= 15 is 0 Å². The van der Waals surface area contributed by atoms with E-state index in [4.69, 9.17) is 0 Å². The van der Waals surface area contributed by atoms with Crippen LogP contribution in [0.3, 0.4) is 0 Å². The highest BCUT2D eigenvalue weighted by Crippen LogP contribution is 2.17. The molecule has 2 atom stereocenters. The minimum Gasteiger partial charge on any atom is -0.392 e. The number of likely N-dealkylation sites (N-methyl/N-ethyl adjacent to an activating group) is 1. The number of hydrogen-bond acceptors (Lipinski definition) is 3. The van der Waals surface area contributed by atoms with Crippen LogP contribution in [0.25, 0.3) is 0 Å². The third kappa shape index (κ3) is 4.81. The molecular formula is C13H28N2O. The van der Waals surface area contributed by atoms with Crippen LogP contribution in [0.1, 0.15) is 46.0 Å². The molecule has 1 rings (SSSR count). The molecule has 1 aliphatic rings. The summed E-state index contributed by atoms with van der Waals surface area (Å²) in [4.78, 5) is 2.41. The Hall–Kier alpha value is -0.120. The van der Waals surface area contributed by atoms with Gasteiger partial charge < -0.3 is 15.3 Å². The predicted molar refractivity (Wildman–Crippen MR) is 68.7 cm³/mol. The molecule has 2 N–H and O–H groups in total. The van der Waals surface area contributed by atoms with E-state index in [0.717, 1.165) is 39.0 Å². The largest absolute Gasteiger partial charge is 0.392 e. The van der Waals surface area contributed by atoms with E-state index in [1.165, 1.54) is 19.3 Å². The molecule has 1 saturated carbocycles. The molecule has 3 heteroatoms. The minimum absolute atomic E-state index is 0.126. The van der Waals surface area contributed by atoms with Crippen LogP contribution in [0.15, 0.2) is 0 Å². The van der Waals surface area contributed by atoms with Gasteiger partial charge in [-0.2, -0.15) is 0 Å². The fourth-order valence-electron chi connectivity index (χ4n) is 2.47. The average Bonchev–Trinajstić information content (AvgIpc) is 2.50. The first-order valence-electron chi connectivity index (χ1n) is 6.91. The van der Waals surface area contributed by atoms with Crippen molar-refractivity contribution in [2.45, 2.75) is 58.1 Å². The van der Waals surface area contributed by atoms with Crippen molar-refractivity contribution >= 4 is 0 Å². The van der Waals surface area contributed by atoms with Crippen molar-refractivity contribution in [2.24, 2.45) is 0 Å². The molecule has 1 fully saturated rings. The lowest BCUT2D eigenvalue weighted by Gasteiger charge is -2.24. The molecule has 16 heavy (non-hydrogen) atoms. The minimum atomic E-state index is -0.126. The van der Waals surface area contributed by atoms with Gasteiger partial charge in [-0.15, -0.1) is 0 Å². The Balaban J connectivity index is 2.19. The molecule has 0 amide bonds. The fourth-order valence-corrected chi connectivity index (χ4v) is 2.47. The van der Waals surface area contributed by atoms with Crippen LogP contribution in [-0.4, -0.2) is 48.3 Å². The predicted octanol–water partition coefficient (Wildman–Crippen LogP) is 1.61. The van der Waals surface area contributed by atoms with Gasteiger partial charge in [-0.05, 0) is 25.9 Å². The second-order valence-electron chi connectivity index (χ2n) is 4.79. The first-order valence-corrected chi connectivity index (χ1v) is 6.91. The average molecular weight is 228 g/mol. The number of nitrogens with one attached hydrogen (secondary N) is 1. The zero-order valence-electron chi connectivity index (χ0n) is 10.9. The van der Waals surface area contributed by atoms with Crippen LogP contribution >= 0.6 is 0 Å². The van der Waals surface area contributed by atoms with E-state index in [1.54, 1.807) is 0 Å². The third-order valence-electron chi connectivity index (χ3n) is 3.71. The number of hydrogen-bond donors (Lipinski definition) is 2. The van der Waals surface area contributed by atoms with Crippen molar-refractivity contribution in [3.63, 3.8) is 0 Å². The summed E-state index contributed by atoms with van der Waals surface area (Å²) < 4.78 is 0. The Morgan fingerprint density at radius 3 is 2.50 bits per heavy atom. The van der Waals surface area contributed by atoms with E-state index in [-0.39, 0.29) is 6.10 Å². The van der Waals surface area contributed by atoms with E-state index in [2.05, 4.69) is 24.1 Å². The summed E-state index contributed by atoms with van der Waals surface area (Å²) in [6, 6.07) is 0.332. The van der Waals surface area contributed by atoms with E-state index < -0.39 is 0 Å². The molecule has 2 unspecified atom stereocenters. The smallest absolute Gasteiger partial charge is 0.0693 e. The van der Waals surface area contributed by atoms with Crippen molar-refractivity contribution in [3.05, 3.63) is 0 Å². The van der Waals surface area contributed by atoms with Crippen molar-refractivity contribution in [1.82, 2.24) is 10.2 Å². The fraction of sp³-hybridized carbons (Fsp3) is 1.00. The monoisotopic (exact) mass is 228 g/mol. The zero-order valence-corrected chi connectivity index (χ0v) is 10.9. The summed E-state index contributed by atoms with van der Waals surface area (Å²) in [5.74, 6) is 0. The van der Waals surface area contributed by atoms with Gasteiger partial charge in [-0.25, -0.2) is 0 Å². The maximum atomic E-state index is 9.95. The molecule has 0 aromatic heterocycles. The van der Waals surface area contributed by atoms with Crippen LogP contribution in [0.2, 0.25) is 0 Å². The zero-order chi connectivity index (χ0) is 11.8. The van der Waals surface area contributed by atoms with Crippen molar-refractivity contribution in [3.8, 4) is 0 Å². The number of aliphatic hydroxyl groups excluding tert-OH is 1. The quantitative estimate of drug-likeness (QED) is 0.678.